The summed E-state index contributed by atoms with van der Waals surface area (Å²) in [6.45, 7) is 3.08. The Labute approximate surface area is 138 Å². The molecule has 1 fully saturated rings. The molecule has 0 bridgehead atoms. The lowest BCUT2D eigenvalue weighted by Crippen LogP contribution is -2.48. The van der Waals surface area contributed by atoms with Gasteiger partial charge in [-0.25, -0.2) is 8.42 Å². The van der Waals surface area contributed by atoms with Gasteiger partial charge in [-0.3, -0.25) is 4.79 Å². The highest BCUT2D eigenvalue weighted by Crippen LogP contribution is 2.24. The van der Waals surface area contributed by atoms with Crippen molar-refractivity contribution in [3.63, 3.8) is 0 Å². The maximum Gasteiger partial charge on any atom is 0.241 e. The fraction of sp³-hybridized carbons (Fsp3) is 0.588. The SMILES string of the molecule is CC(NS(=O)(=O)c1ccc2c(c1)CCC2)C(=O)N1CCCCC1. The summed E-state index contributed by atoms with van der Waals surface area (Å²) in [5.74, 6) is -0.130. The lowest BCUT2D eigenvalue weighted by atomic mass is 10.1. The summed E-state index contributed by atoms with van der Waals surface area (Å²) < 4.78 is 27.6. The number of hydrogen-bond acceptors (Lipinski definition) is 3. The van der Waals surface area contributed by atoms with Crippen LogP contribution in [-0.4, -0.2) is 38.4 Å². The van der Waals surface area contributed by atoms with Crippen LogP contribution in [0.25, 0.3) is 0 Å². The monoisotopic (exact) mass is 336 g/mol. The molecular formula is C17H24N2O3S. The Morgan fingerprint density at radius 1 is 1.09 bits per heavy atom. The average Bonchev–Trinajstić information content (AvgIpc) is 3.02. The van der Waals surface area contributed by atoms with E-state index in [1.165, 1.54) is 5.56 Å². The van der Waals surface area contributed by atoms with Gasteiger partial charge in [0.25, 0.3) is 0 Å². The van der Waals surface area contributed by atoms with Crippen molar-refractivity contribution in [2.45, 2.75) is 56.4 Å². The van der Waals surface area contributed by atoms with Crippen LogP contribution in [0.5, 0.6) is 0 Å². The van der Waals surface area contributed by atoms with E-state index in [-0.39, 0.29) is 10.8 Å². The first-order valence-corrected chi connectivity index (χ1v) is 9.88. The number of aryl methyl sites for hydroxylation is 2. The van der Waals surface area contributed by atoms with E-state index in [0.29, 0.717) is 0 Å². The molecule has 6 heteroatoms. The number of carbonyl (C=O) groups excluding carboxylic acids is 1. The Bertz CT molecular complexity index is 694. The van der Waals surface area contributed by atoms with Crippen molar-refractivity contribution >= 4 is 15.9 Å². The molecule has 1 aliphatic heterocycles. The normalized spacial score (nSPS) is 19.4. The van der Waals surface area contributed by atoms with E-state index in [0.717, 1.165) is 57.2 Å². The number of likely N-dealkylation sites (tertiary alicyclic amines) is 1. The number of nitrogens with one attached hydrogen (secondary N) is 1. The third-order valence-corrected chi connectivity index (χ3v) is 6.29. The smallest absolute Gasteiger partial charge is 0.241 e. The zero-order valence-electron chi connectivity index (χ0n) is 13.5. The highest BCUT2D eigenvalue weighted by Gasteiger charge is 2.27. The molecule has 1 unspecified atom stereocenters. The lowest BCUT2D eigenvalue weighted by Gasteiger charge is -2.29. The van der Waals surface area contributed by atoms with Crippen LogP contribution in [0.15, 0.2) is 23.1 Å². The predicted octanol–water partition coefficient (Wildman–Crippen LogP) is 1.85. The first-order chi connectivity index (χ1) is 11.0. The van der Waals surface area contributed by atoms with Gasteiger partial charge in [0.05, 0.1) is 10.9 Å². The second-order valence-electron chi connectivity index (χ2n) is 6.51. The number of rotatable bonds is 4. The molecule has 1 aromatic rings. The standard InChI is InChI=1S/C17H24N2O3S/c1-13(17(20)19-10-3-2-4-11-19)18-23(21,22)16-9-8-14-6-5-7-15(14)12-16/h8-9,12-13,18H,2-7,10-11H2,1H3. The summed E-state index contributed by atoms with van der Waals surface area (Å²) in [5.41, 5.74) is 2.35. The molecule has 1 saturated heterocycles. The van der Waals surface area contributed by atoms with Gasteiger partial charge in [0.2, 0.25) is 15.9 Å². The van der Waals surface area contributed by atoms with Crippen LogP contribution < -0.4 is 4.72 Å². The Kier molecular flexibility index (Phi) is 4.73. The van der Waals surface area contributed by atoms with Crippen molar-refractivity contribution in [3.8, 4) is 0 Å². The fourth-order valence-corrected chi connectivity index (χ4v) is 4.70. The van der Waals surface area contributed by atoms with Gasteiger partial charge in [-0.1, -0.05) is 6.07 Å². The molecule has 1 N–H and O–H groups in total. The summed E-state index contributed by atoms with van der Waals surface area (Å²) in [5, 5.41) is 0. The van der Waals surface area contributed by atoms with Crippen molar-refractivity contribution in [2.24, 2.45) is 0 Å². The first-order valence-electron chi connectivity index (χ1n) is 8.40. The number of fused-ring (bicyclic) bond motifs is 1. The van der Waals surface area contributed by atoms with Gasteiger partial charge in [-0.2, -0.15) is 4.72 Å². The van der Waals surface area contributed by atoms with Crippen molar-refractivity contribution in [2.75, 3.05) is 13.1 Å². The van der Waals surface area contributed by atoms with Gasteiger partial charge in [0.1, 0.15) is 0 Å². The van der Waals surface area contributed by atoms with Crippen molar-refractivity contribution in [1.82, 2.24) is 9.62 Å². The average molecular weight is 336 g/mol. The quantitative estimate of drug-likeness (QED) is 0.912. The van der Waals surface area contributed by atoms with E-state index in [1.807, 2.05) is 6.07 Å². The van der Waals surface area contributed by atoms with Gasteiger partial charge in [-0.15, -0.1) is 0 Å². The molecule has 5 nitrogen and oxygen atoms in total. The molecule has 1 aromatic carbocycles. The molecule has 1 amide bonds. The minimum absolute atomic E-state index is 0.130. The topological polar surface area (TPSA) is 66.5 Å². The molecule has 2 aliphatic rings. The van der Waals surface area contributed by atoms with Gasteiger partial charge in [0, 0.05) is 13.1 Å². The molecule has 1 heterocycles. The molecule has 1 atom stereocenters. The highest BCUT2D eigenvalue weighted by molar-refractivity contribution is 7.89. The lowest BCUT2D eigenvalue weighted by molar-refractivity contribution is -0.133. The summed E-state index contributed by atoms with van der Waals surface area (Å²) >= 11 is 0. The second kappa shape index (κ2) is 6.61. The van der Waals surface area contributed by atoms with E-state index < -0.39 is 16.1 Å². The highest BCUT2D eigenvalue weighted by atomic mass is 32.2. The molecule has 0 spiro atoms. The number of sulfonamides is 1. The molecular weight excluding hydrogens is 312 g/mol. The molecule has 23 heavy (non-hydrogen) atoms. The summed E-state index contributed by atoms with van der Waals surface area (Å²) in [6.07, 6.45) is 6.16. The zero-order valence-corrected chi connectivity index (χ0v) is 14.4. The minimum atomic E-state index is -3.66. The van der Waals surface area contributed by atoms with E-state index >= 15 is 0 Å². The van der Waals surface area contributed by atoms with Gasteiger partial charge in [-0.05, 0) is 68.7 Å². The maximum atomic E-state index is 12.5. The first kappa shape index (κ1) is 16.5. The van der Waals surface area contributed by atoms with Gasteiger partial charge < -0.3 is 4.90 Å². The van der Waals surface area contributed by atoms with E-state index in [4.69, 9.17) is 0 Å². The molecule has 0 aromatic heterocycles. The number of nitrogens with zero attached hydrogens (tertiary/aromatic N) is 1. The maximum absolute atomic E-state index is 12.5. The third-order valence-electron chi connectivity index (χ3n) is 4.75. The Hall–Kier alpha value is -1.40. The summed E-state index contributed by atoms with van der Waals surface area (Å²) in [6, 6.07) is 4.56. The van der Waals surface area contributed by atoms with Crippen LogP contribution in [0.2, 0.25) is 0 Å². The van der Waals surface area contributed by atoms with E-state index in [1.54, 1.807) is 24.0 Å². The number of benzene rings is 1. The minimum Gasteiger partial charge on any atom is -0.341 e. The van der Waals surface area contributed by atoms with Crippen molar-refractivity contribution in [3.05, 3.63) is 29.3 Å². The van der Waals surface area contributed by atoms with Crippen LogP contribution >= 0.6 is 0 Å². The Balaban J connectivity index is 1.71. The van der Waals surface area contributed by atoms with Crippen molar-refractivity contribution < 1.29 is 13.2 Å². The number of hydrogen-bond donors (Lipinski definition) is 1. The van der Waals surface area contributed by atoms with Crippen LogP contribution in [0, 0.1) is 0 Å². The Morgan fingerprint density at radius 3 is 2.52 bits per heavy atom. The van der Waals surface area contributed by atoms with Crippen LogP contribution in [0.4, 0.5) is 0 Å². The molecule has 3 rings (SSSR count). The van der Waals surface area contributed by atoms with Crippen LogP contribution in [0.3, 0.4) is 0 Å². The molecule has 0 radical (unpaired) electrons. The van der Waals surface area contributed by atoms with Crippen LogP contribution in [-0.2, 0) is 27.7 Å². The zero-order chi connectivity index (χ0) is 16.4. The Morgan fingerprint density at radius 2 is 1.78 bits per heavy atom. The second-order valence-corrected chi connectivity index (χ2v) is 8.23. The molecule has 126 valence electrons. The van der Waals surface area contributed by atoms with Crippen LogP contribution in [0.1, 0.15) is 43.7 Å². The fourth-order valence-electron chi connectivity index (χ4n) is 3.45. The summed E-state index contributed by atoms with van der Waals surface area (Å²) in [7, 11) is -3.66. The summed E-state index contributed by atoms with van der Waals surface area (Å²) in [4.78, 5) is 14.4. The van der Waals surface area contributed by atoms with E-state index in [9.17, 15) is 13.2 Å². The van der Waals surface area contributed by atoms with Gasteiger partial charge >= 0.3 is 0 Å². The number of piperidine rings is 1. The third kappa shape index (κ3) is 3.58. The predicted molar refractivity (Wildman–Crippen MR) is 88.7 cm³/mol. The van der Waals surface area contributed by atoms with Crippen molar-refractivity contribution in [1.29, 1.82) is 0 Å². The van der Waals surface area contributed by atoms with E-state index in [2.05, 4.69) is 4.72 Å². The number of carbonyl (C=O) groups is 1. The largest absolute Gasteiger partial charge is 0.341 e. The molecule has 0 saturated carbocycles. The molecule has 1 aliphatic carbocycles. The number of amides is 1. The van der Waals surface area contributed by atoms with Gasteiger partial charge in [0.15, 0.2) is 0 Å².